The van der Waals surface area contributed by atoms with Crippen LogP contribution < -0.4 is 4.90 Å². The number of nitro benzene ring substituents is 1. The highest BCUT2D eigenvalue weighted by Crippen LogP contribution is 2.34. The molecule has 1 rings (SSSR count). The van der Waals surface area contributed by atoms with Gasteiger partial charge in [0.15, 0.2) is 0 Å². The molecule has 1 amide bonds. The number of ether oxygens (including phenoxy) is 1. The Kier molecular flexibility index (Phi) is 5.50. The molecule has 19 heavy (non-hydrogen) atoms. The summed E-state index contributed by atoms with van der Waals surface area (Å²) in [5, 5.41) is 10.9. The zero-order valence-corrected chi connectivity index (χ0v) is 11.9. The summed E-state index contributed by atoms with van der Waals surface area (Å²) in [7, 11) is 1.26. The Hall–Kier alpha value is -1.89. The average Bonchev–Trinajstić information content (AvgIpc) is 2.39. The summed E-state index contributed by atoms with van der Waals surface area (Å²) < 4.78 is 4.93. The van der Waals surface area contributed by atoms with Crippen molar-refractivity contribution in [3.05, 3.63) is 45.4 Å². The lowest BCUT2D eigenvalue weighted by Gasteiger charge is -2.21. The van der Waals surface area contributed by atoms with Crippen LogP contribution in [0.1, 0.15) is 6.42 Å². The van der Waals surface area contributed by atoms with E-state index in [2.05, 4.69) is 27.2 Å². The Morgan fingerprint density at radius 3 is 2.84 bits per heavy atom. The molecule has 0 fully saturated rings. The number of halogens is 1. The van der Waals surface area contributed by atoms with E-state index >= 15 is 0 Å². The molecule has 102 valence electrons. The van der Waals surface area contributed by atoms with Crippen LogP contribution in [0.2, 0.25) is 0 Å². The molecule has 7 heteroatoms. The van der Waals surface area contributed by atoms with Crippen LogP contribution in [-0.4, -0.2) is 24.7 Å². The van der Waals surface area contributed by atoms with Gasteiger partial charge in [0.25, 0.3) is 5.69 Å². The van der Waals surface area contributed by atoms with Crippen LogP contribution in [-0.2, 0) is 4.74 Å². The fraction of sp³-hybridized carbons (Fsp3) is 0.250. The van der Waals surface area contributed by atoms with Crippen LogP contribution in [0.4, 0.5) is 16.2 Å². The van der Waals surface area contributed by atoms with Gasteiger partial charge < -0.3 is 4.74 Å². The lowest BCUT2D eigenvalue weighted by molar-refractivity contribution is -0.385. The van der Waals surface area contributed by atoms with Crippen molar-refractivity contribution in [2.45, 2.75) is 6.42 Å². The van der Waals surface area contributed by atoms with E-state index < -0.39 is 11.0 Å². The summed E-state index contributed by atoms with van der Waals surface area (Å²) in [6.45, 7) is 3.91. The SMILES string of the molecule is C=CCCN(C(=O)OC)c1cccc([N+](=O)[O-])c1Br. The first-order valence-corrected chi connectivity index (χ1v) is 6.21. The number of methoxy groups -OCH3 is 1. The maximum Gasteiger partial charge on any atom is 0.414 e. The smallest absolute Gasteiger partial charge is 0.414 e. The summed E-state index contributed by atoms with van der Waals surface area (Å²) in [6.07, 6.45) is 1.62. The summed E-state index contributed by atoms with van der Waals surface area (Å²) >= 11 is 3.15. The number of nitro groups is 1. The molecule has 1 aromatic carbocycles. The number of carbonyl (C=O) groups excluding carboxylic acids is 1. The van der Waals surface area contributed by atoms with E-state index in [-0.39, 0.29) is 10.2 Å². The van der Waals surface area contributed by atoms with Crippen molar-refractivity contribution in [3.63, 3.8) is 0 Å². The number of anilines is 1. The molecule has 0 atom stereocenters. The number of carbonyl (C=O) groups is 1. The standard InChI is InChI=1S/C12H13BrN2O4/c1-3-4-8-14(12(16)19-2)9-6-5-7-10(11(9)13)15(17)18/h3,5-7H,1,4,8H2,2H3. The van der Waals surface area contributed by atoms with Gasteiger partial charge in [0.1, 0.15) is 4.47 Å². The lowest BCUT2D eigenvalue weighted by Crippen LogP contribution is -2.31. The van der Waals surface area contributed by atoms with E-state index in [0.717, 1.165) is 0 Å². The van der Waals surface area contributed by atoms with Crippen LogP contribution in [0.3, 0.4) is 0 Å². The number of amides is 1. The molecule has 6 nitrogen and oxygen atoms in total. The van der Waals surface area contributed by atoms with Crippen LogP contribution in [0.15, 0.2) is 35.3 Å². The molecular weight excluding hydrogens is 316 g/mol. The molecule has 1 aromatic rings. The monoisotopic (exact) mass is 328 g/mol. The summed E-state index contributed by atoms with van der Waals surface area (Å²) in [4.78, 5) is 23.4. The normalized spacial score (nSPS) is 9.79. The van der Waals surface area contributed by atoms with Crippen molar-refractivity contribution in [2.24, 2.45) is 0 Å². The maximum atomic E-state index is 11.7. The maximum absolute atomic E-state index is 11.7. The highest BCUT2D eigenvalue weighted by atomic mass is 79.9. The summed E-state index contributed by atoms with van der Waals surface area (Å²) in [5.41, 5.74) is 0.285. The third kappa shape index (κ3) is 3.54. The fourth-order valence-corrected chi connectivity index (χ4v) is 2.12. The zero-order valence-electron chi connectivity index (χ0n) is 10.3. The van der Waals surface area contributed by atoms with E-state index in [1.54, 1.807) is 12.1 Å². The highest BCUT2D eigenvalue weighted by molar-refractivity contribution is 9.10. The van der Waals surface area contributed by atoms with Crippen molar-refractivity contribution in [3.8, 4) is 0 Å². The minimum atomic E-state index is -0.581. The molecule has 0 unspecified atom stereocenters. The Balaban J connectivity index is 3.21. The second-order valence-electron chi connectivity index (χ2n) is 3.57. The third-order valence-corrected chi connectivity index (χ3v) is 3.21. The molecule has 0 aliphatic rings. The quantitative estimate of drug-likeness (QED) is 0.471. The van der Waals surface area contributed by atoms with E-state index in [0.29, 0.717) is 18.7 Å². The zero-order chi connectivity index (χ0) is 14.4. The predicted octanol–water partition coefficient (Wildman–Crippen LogP) is 3.51. The first kappa shape index (κ1) is 15.2. The number of nitrogens with zero attached hydrogens (tertiary/aromatic N) is 2. The van der Waals surface area contributed by atoms with Gasteiger partial charge in [-0.1, -0.05) is 12.1 Å². The van der Waals surface area contributed by atoms with Crippen LogP contribution >= 0.6 is 15.9 Å². The van der Waals surface area contributed by atoms with E-state index in [4.69, 9.17) is 0 Å². The first-order valence-electron chi connectivity index (χ1n) is 5.42. The molecule has 0 saturated heterocycles. The van der Waals surface area contributed by atoms with Crippen LogP contribution in [0.25, 0.3) is 0 Å². The third-order valence-electron chi connectivity index (χ3n) is 2.40. The van der Waals surface area contributed by atoms with Crippen molar-refractivity contribution < 1.29 is 14.5 Å². The Morgan fingerprint density at radius 2 is 2.32 bits per heavy atom. The van der Waals surface area contributed by atoms with E-state index in [9.17, 15) is 14.9 Å². The molecule has 0 saturated carbocycles. The Morgan fingerprint density at radius 1 is 1.63 bits per heavy atom. The van der Waals surface area contributed by atoms with Gasteiger partial charge in [-0.05, 0) is 28.4 Å². The first-order chi connectivity index (χ1) is 9.02. The van der Waals surface area contributed by atoms with Gasteiger partial charge in [-0.3, -0.25) is 15.0 Å². The Labute approximate surface area is 118 Å². The van der Waals surface area contributed by atoms with Crippen molar-refractivity contribution >= 4 is 33.4 Å². The van der Waals surface area contributed by atoms with Gasteiger partial charge in [0.2, 0.25) is 0 Å². The number of benzene rings is 1. The minimum Gasteiger partial charge on any atom is -0.452 e. The highest BCUT2D eigenvalue weighted by Gasteiger charge is 2.23. The van der Waals surface area contributed by atoms with Gasteiger partial charge >= 0.3 is 6.09 Å². The number of hydrogen-bond acceptors (Lipinski definition) is 4. The molecule has 0 bridgehead atoms. The largest absolute Gasteiger partial charge is 0.452 e. The molecular formula is C12H13BrN2O4. The molecule has 0 spiro atoms. The fourth-order valence-electron chi connectivity index (χ4n) is 1.50. The summed E-state index contributed by atoms with van der Waals surface area (Å²) in [6, 6.07) is 4.48. The number of hydrogen-bond donors (Lipinski definition) is 0. The molecule has 0 radical (unpaired) electrons. The van der Waals surface area contributed by atoms with Gasteiger partial charge in [-0.15, -0.1) is 6.58 Å². The van der Waals surface area contributed by atoms with Crippen LogP contribution in [0, 0.1) is 10.1 Å². The van der Waals surface area contributed by atoms with Gasteiger partial charge in [0, 0.05) is 12.6 Å². The number of rotatable bonds is 5. The molecule has 0 aliphatic carbocycles. The molecule has 0 N–H and O–H groups in total. The van der Waals surface area contributed by atoms with Gasteiger partial charge in [0.05, 0.1) is 17.7 Å². The predicted molar refractivity (Wildman–Crippen MR) is 75.4 cm³/mol. The molecule has 0 aromatic heterocycles. The second kappa shape index (κ2) is 6.89. The van der Waals surface area contributed by atoms with Gasteiger partial charge in [-0.2, -0.15) is 0 Å². The lowest BCUT2D eigenvalue weighted by atomic mass is 10.2. The van der Waals surface area contributed by atoms with E-state index in [1.165, 1.54) is 24.1 Å². The van der Waals surface area contributed by atoms with Gasteiger partial charge in [-0.25, -0.2) is 4.79 Å². The van der Waals surface area contributed by atoms with Crippen molar-refractivity contribution in [2.75, 3.05) is 18.6 Å². The Bertz CT molecular complexity index is 505. The van der Waals surface area contributed by atoms with Crippen molar-refractivity contribution in [1.82, 2.24) is 0 Å². The molecule has 0 aliphatic heterocycles. The second-order valence-corrected chi connectivity index (χ2v) is 4.36. The summed E-state index contributed by atoms with van der Waals surface area (Å²) in [5.74, 6) is 0. The van der Waals surface area contributed by atoms with E-state index in [1.807, 2.05) is 0 Å². The minimum absolute atomic E-state index is 0.106. The average molecular weight is 329 g/mol. The molecule has 0 heterocycles. The topological polar surface area (TPSA) is 72.7 Å². The van der Waals surface area contributed by atoms with Crippen molar-refractivity contribution in [1.29, 1.82) is 0 Å². The van der Waals surface area contributed by atoms with Crippen LogP contribution in [0.5, 0.6) is 0 Å².